The van der Waals surface area contributed by atoms with E-state index < -0.39 is 17.7 Å². The standard InChI is InChI=1S/C29H36N2O7/c1-7-30(8-2)11-12-31-25(20-15-22(35-4)28(37-6)23(16-20)36-5)24(27(33)29(31)34)26(32)18-9-10-21-19(14-18)13-17(3)38-21/h9-10,14-17,25,32H,7-8,11-13H2,1-6H3/p+1/t17-,25+/m0/s1. The molecule has 2 aromatic carbocycles. The highest BCUT2D eigenvalue weighted by Gasteiger charge is 2.47. The van der Waals surface area contributed by atoms with Gasteiger partial charge in [0, 0.05) is 12.0 Å². The summed E-state index contributed by atoms with van der Waals surface area (Å²) in [5, 5.41) is 11.5. The van der Waals surface area contributed by atoms with E-state index in [-0.39, 0.29) is 17.4 Å². The number of quaternary nitrogens is 1. The number of nitrogens with zero attached hydrogens (tertiary/aromatic N) is 1. The number of carbonyl (C=O) groups is 2. The number of Topliss-reactive ketones (excluding diaryl/α,β-unsaturated/α-hetero) is 1. The number of hydrogen-bond acceptors (Lipinski definition) is 7. The Morgan fingerprint density at radius 3 is 2.29 bits per heavy atom. The van der Waals surface area contributed by atoms with Crippen LogP contribution in [0.25, 0.3) is 5.76 Å². The zero-order valence-corrected chi connectivity index (χ0v) is 22.9. The second-order valence-electron chi connectivity index (χ2n) is 9.61. The summed E-state index contributed by atoms with van der Waals surface area (Å²) in [5.41, 5.74) is 2.02. The number of amides is 1. The first-order valence-electron chi connectivity index (χ1n) is 13.0. The first-order valence-corrected chi connectivity index (χ1v) is 13.0. The van der Waals surface area contributed by atoms with Crippen molar-refractivity contribution in [1.29, 1.82) is 0 Å². The zero-order chi connectivity index (χ0) is 27.6. The number of hydrogen-bond donors (Lipinski definition) is 2. The molecule has 2 aromatic rings. The number of benzene rings is 2. The molecule has 0 saturated carbocycles. The number of likely N-dealkylation sites (N-methyl/N-ethyl adjacent to an activating group) is 1. The quantitative estimate of drug-likeness (QED) is 0.279. The molecule has 2 heterocycles. The first kappa shape index (κ1) is 27.3. The third-order valence-corrected chi connectivity index (χ3v) is 7.42. The average Bonchev–Trinajstić information content (AvgIpc) is 3.43. The number of nitrogens with one attached hydrogen (secondary N) is 1. The van der Waals surface area contributed by atoms with Gasteiger partial charge in [0.05, 0.1) is 59.1 Å². The summed E-state index contributed by atoms with van der Waals surface area (Å²) >= 11 is 0. The van der Waals surface area contributed by atoms with Gasteiger partial charge < -0.3 is 33.9 Å². The Balaban J connectivity index is 1.87. The number of rotatable bonds is 10. The molecular formula is C29H37N2O7+. The summed E-state index contributed by atoms with van der Waals surface area (Å²) < 4.78 is 22.4. The molecule has 4 rings (SSSR count). The Hall–Kier alpha value is -3.72. The smallest absolute Gasteiger partial charge is 0.295 e. The normalized spacial score (nSPS) is 20.0. The van der Waals surface area contributed by atoms with Gasteiger partial charge >= 0.3 is 0 Å². The fraction of sp³-hybridized carbons (Fsp3) is 0.448. The monoisotopic (exact) mass is 525 g/mol. The lowest BCUT2D eigenvalue weighted by atomic mass is 9.94. The third kappa shape index (κ3) is 4.90. The van der Waals surface area contributed by atoms with Crippen molar-refractivity contribution in [2.75, 3.05) is 47.5 Å². The van der Waals surface area contributed by atoms with Crippen LogP contribution in [0.4, 0.5) is 0 Å². The molecule has 2 atom stereocenters. The Morgan fingerprint density at radius 1 is 1.05 bits per heavy atom. The highest BCUT2D eigenvalue weighted by Crippen LogP contribution is 2.46. The van der Waals surface area contributed by atoms with Gasteiger partial charge in [0.15, 0.2) is 11.5 Å². The summed E-state index contributed by atoms with van der Waals surface area (Å²) in [7, 11) is 4.53. The van der Waals surface area contributed by atoms with Crippen molar-refractivity contribution in [3.05, 3.63) is 52.6 Å². The SMILES string of the molecule is CC[NH+](CC)CCN1C(=O)C(=O)C(=C(O)c2ccc3c(c2)C[C@H](C)O3)[C@H]1c1cc(OC)c(OC)c(OC)c1. The number of fused-ring (bicyclic) bond motifs is 1. The lowest BCUT2D eigenvalue weighted by Crippen LogP contribution is -3.12. The number of ether oxygens (including phenoxy) is 4. The average molecular weight is 526 g/mol. The molecule has 0 radical (unpaired) electrons. The topological polar surface area (TPSA) is 99.0 Å². The number of carbonyl (C=O) groups excluding carboxylic acids is 2. The molecule has 1 fully saturated rings. The lowest BCUT2D eigenvalue weighted by molar-refractivity contribution is -0.895. The summed E-state index contributed by atoms with van der Waals surface area (Å²) in [6, 6.07) is 7.95. The molecule has 2 aliphatic heterocycles. The van der Waals surface area contributed by atoms with Gasteiger partial charge in [-0.25, -0.2) is 0 Å². The molecule has 0 unspecified atom stereocenters. The van der Waals surface area contributed by atoms with E-state index >= 15 is 0 Å². The van der Waals surface area contributed by atoms with Crippen LogP contribution in [-0.2, 0) is 16.0 Å². The van der Waals surface area contributed by atoms with Gasteiger partial charge in [-0.1, -0.05) is 0 Å². The molecule has 0 bridgehead atoms. The number of ketones is 1. The number of aliphatic hydroxyl groups is 1. The van der Waals surface area contributed by atoms with E-state index in [0.29, 0.717) is 47.9 Å². The summed E-state index contributed by atoms with van der Waals surface area (Å²) in [6.45, 7) is 8.94. The van der Waals surface area contributed by atoms with E-state index in [1.54, 1.807) is 29.2 Å². The molecule has 1 saturated heterocycles. The first-order chi connectivity index (χ1) is 18.3. The van der Waals surface area contributed by atoms with Gasteiger partial charge in [-0.2, -0.15) is 0 Å². The summed E-state index contributed by atoms with van der Waals surface area (Å²) in [5.74, 6) is 0.364. The Kier molecular flexibility index (Phi) is 8.16. The predicted molar refractivity (Wildman–Crippen MR) is 142 cm³/mol. The van der Waals surface area contributed by atoms with E-state index in [9.17, 15) is 14.7 Å². The minimum absolute atomic E-state index is 0.0331. The largest absolute Gasteiger partial charge is 0.507 e. The van der Waals surface area contributed by atoms with Crippen LogP contribution < -0.4 is 23.8 Å². The van der Waals surface area contributed by atoms with Crippen LogP contribution in [0.5, 0.6) is 23.0 Å². The second-order valence-corrected chi connectivity index (χ2v) is 9.61. The van der Waals surface area contributed by atoms with Gasteiger partial charge in [0.2, 0.25) is 5.75 Å². The van der Waals surface area contributed by atoms with Crippen LogP contribution in [0.15, 0.2) is 35.9 Å². The molecule has 9 heteroatoms. The van der Waals surface area contributed by atoms with Crippen LogP contribution in [0.2, 0.25) is 0 Å². The van der Waals surface area contributed by atoms with E-state index in [4.69, 9.17) is 18.9 Å². The Labute approximate surface area is 223 Å². The van der Waals surface area contributed by atoms with E-state index in [1.807, 2.05) is 13.0 Å². The van der Waals surface area contributed by atoms with Crippen LogP contribution in [0.1, 0.15) is 43.5 Å². The second kappa shape index (κ2) is 11.3. The fourth-order valence-electron chi connectivity index (χ4n) is 5.32. The van der Waals surface area contributed by atoms with Gasteiger partial charge in [-0.3, -0.25) is 9.59 Å². The fourth-order valence-corrected chi connectivity index (χ4v) is 5.32. The third-order valence-electron chi connectivity index (χ3n) is 7.42. The van der Waals surface area contributed by atoms with E-state index in [2.05, 4.69) is 13.8 Å². The zero-order valence-electron chi connectivity index (χ0n) is 22.9. The molecule has 0 aromatic heterocycles. The van der Waals surface area contributed by atoms with Gasteiger partial charge in [-0.05, 0) is 62.2 Å². The molecule has 0 aliphatic carbocycles. The van der Waals surface area contributed by atoms with Crippen LogP contribution in [0.3, 0.4) is 0 Å². The highest BCUT2D eigenvalue weighted by atomic mass is 16.5. The van der Waals surface area contributed by atoms with E-state index in [0.717, 1.165) is 24.4 Å². The Bertz CT molecular complexity index is 1230. The van der Waals surface area contributed by atoms with Gasteiger partial charge in [-0.15, -0.1) is 0 Å². The minimum atomic E-state index is -0.831. The predicted octanol–water partition coefficient (Wildman–Crippen LogP) is 2.38. The molecular weight excluding hydrogens is 488 g/mol. The van der Waals surface area contributed by atoms with Crippen LogP contribution >= 0.6 is 0 Å². The molecule has 2 aliphatic rings. The summed E-state index contributed by atoms with van der Waals surface area (Å²) in [6.07, 6.45) is 0.739. The van der Waals surface area contributed by atoms with Gasteiger partial charge in [0.1, 0.15) is 17.6 Å². The number of likely N-dealkylation sites (tertiary alicyclic amines) is 1. The molecule has 2 N–H and O–H groups in total. The van der Waals surface area contributed by atoms with Crippen molar-refractivity contribution in [3.8, 4) is 23.0 Å². The van der Waals surface area contributed by atoms with E-state index in [1.165, 1.54) is 26.2 Å². The molecule has 1 amide bonds. The van der Waals surface area contributed by atoms with Gasteiger partial charge in [0.25, 0.3) is 11.7 Å². The maximum absolute atomic E-state index is 13.5. The molecule has 38 heavy (non-hydrogen) atoms. The van der Waals surface area contributed by atoms with Crippen molar-refractivity contribution in [2.24, 2.45) is 0 Å². The Morgan fingerprint density at radius 2 is 1.71 bits per heavy atom. The van der Waals surface area contributed by atoms with Crippen molar-refractivity contribution in [1.82, 2.24) is 4.90 Å². The number of methoxy groups -OCH3 is 3. The molecule has 9 nitrogen and oxygen atoms in total. The van der Waals surface area contributed by atoms with Crippen molar-refractivity contribution in [3.63, 3.8) is 0 Å². The maximum Gasteiger partial charge on any atom is 0.295 e. The molecule has 0 spiro atoms. The summed E-state index contributed by atoms with van der Waals surface area (Å²) in [4.78, 5) is 29.7. The maximum atomic E-state index is 13.5. The minimum Gasteiger partial charge on any atom is -0.507 e. The van der Waals surface area contributed by atoms with Crippen LogP contribution in [-0.4, -0.2) is 75.3 Å². The van der Waals surface area contributed by atoms with Crippen molar-refractivity contribution >= 4 is 17.4 Å². The number of aliphatic hydroxyl groups excluding tert-OH is 1. The van der Waals surface area contributed by atoms with Crippen molar-refractivity contribution in [2.45, 2.75) is 39.3 Å². The highest BCUT2D eigenvalue weighted by molar-refractivity contribution is 6.46. The molecule has 204 valence electrons. The lowest BCUT2D eigenvalue weighted by Gasteiger charge is -2.27. The van der Waals surface area contributed by atoms with Crippen LogP contribution in [0, 0.1) is 0 Å². The van der Waals surface area contributed by atoms with Crippen molar-refractivity contribution < 1.29 is 38.5 Å².